The van der Waals surface area contributed by atoms with Crippen LogP contribution in [0.1, 0.15) is 29.8 Å². The lowest BCUT2D eigenvalue weighted by Crippen LogP contribution is -2.06. The Balaban J connectivity index is 2.20. The van der Waals surface area contributed by atoms with Gasteiger partial charge in [-0.25, -0.2) is 4.39 Å². The molecule has 0 unspecified atom stereocenters. The molecule has 2 rings (SSSR count). The number of rotatable bonds is 4. The number of ketones is 1. The van der Waals surface area contributed by atoms with Crippen LogP contribution in [-0.2, 0) is 0 Å². The van der Waals surface area contributed by atoms with E-state index in [-0.39, 0.29) is 11.9 Å². The number of hydrogen-bond acceptors (Lipinski definition) is 2. The summed E-state index contributed by atoms with van der Waals surface area (Å²) in [5, 5.41) is 0. The Hall–Kier alpha value is -2.16. The standard InChI is InChI=1S/C16H15FO2/c1-11(2)19-15-8-6-12(7-9-15)16(18)13-4-3-5-14(17)10-13/h3-11H,1-2H3. The molecule has 19 heavy (non-hydrogen) atoms. The molecular weight excluding hydrogens is 243 g/mol. The van der Waals surface area contributed by atoms with E-state index in [0.717, 1.165) is 0 Å². The van der Waals surface area contributed by atoms with Crippen LogP contribution in [0.2, 0.25) is 0 Å². The Labute approximate surface area is 111 Å². The van der Waals surface area contributed by atoms with E-state index in [9.17, 15) is 9.18 Å². The molecule has 0 atom stereocenters. The maximum atomic E-state index is 13.1. The van der Waals surface area contributed by atoms with E-state index in [1.165, 1.54) is 18.2 Å². The predicted molar refractivity (Wildman–Crippen MR) is 72.0 cm³/mol. The molecule has 0 aliphatic rings. The molecule has 98 valence electrons. The van der Waals surface area contributed by atoms with Crippen LogP contribution < -0.4 is 4.74 Å². The summed E-state index contributed by atoms with van der Waals surface area (Å²) in [5.74, 6) is 0.104. The van der Waals surface area contributed by atoms with Crippen molar-refractivity contribution in [3.05, 3.63) is 65.5 Å². The molecule has 0 bridgehead atoms. The Morgan fingerprint density at radius 1 is 1.05 bits per heavy atom. The fourth-order valence-corrected chi connectivity index (χ4v) is 1.75. The van der Waals surface area contributed by atoms with Crippen molar-refractivity contribution in [2.24, 2.45) is 0 Å². The fraction of sp³-hybridized carbons (Fsp3) is 0.188. The number of carbonyl (C=O) groups is 1. The summed E-state index contributed by atoms with van der Waals surface area (Å²) in [6, 6.07) is 12.5. The van der Waals surface area contributed by atoms with Gasteiger partial charge >= 0.3 is 0 Å². The second kappa shape index (κ2) is 5.65. The maximum Gasteiger partial charge on any atom is 0.193 e. The molecule has 0 aromatic heterocycles. The third-order valence-electron chi connectivity index (χ3n) is 2.58. The van der Waals surface area contributed by atoms with Gasteiger partial charge < -0.3 is 4.74 Å². The van der Waals surface area contributed by atoms with Gasteiger partial charge in [0.2, 0.25) is 0 Å². The first-order chi connectivity index (χ1) is 9.06. The average molecular weight is 258 g/mol. The maximum absolute atomic E-state index is 13.1. The van der Waals surface area contributed by atoms with E-state index in [2.05, 4.69) is 0 Å². The van der Waals surface area contributed by atoms with Crippen LogP contribution in [0, 0.1) is 5.82 Å². The SMILES string of the molecule is CC(C)Oc1ccc(C(=O)c2cccc(F)c2)cc1. The van der Waals surface area contributed by atoms with Crippen LogP contribution in [-0.4, -0.2) is 11.9 Å². The van der Waals surface area contributed by atoms with E-state index < -0.39 is 5.82 Å². The van der Waals surface area contributed by atoms with Crippen LogP contribution in [0.4, 0.5) is 4.39 Å². The predicted octanol–water partition coefficient (Wildman–Crippen LogP) is 3.84. The Kier molecular flexibility index (Phi) is 3.95. The molecule has 0 fully saturated rings. The summed E-state index contributed by atoms with van der Waals surface area (Å²) in [7, 11) is 0. The smallest absolute Gasteiger partial charge is 0.193 e. The Morgan fingerprint density at radius 3 is 2.32 bits per heavy atom. The van der Waals surface area contributed by atoms with Gasteiger partial charge in [-0.1, -0.05) is 12.1 Å². The molecule has 0 amide bonds. The molecule has 0 radical (unpaired) electrons. The first-order valence-corrected chi connectivity index (χ1v) is 6.13. The summed E-state index contributed by atoms with van der Waals surface area (Å²) in [6.45, 7) is 3.87. The Bertz CT molecular complexity index is 574. The largest absolute Gasteiger partial charge is 0.491 e. The van der Waals surface area contributed by atoms with E-state index in [1.807, 2.05) is 13.8 Å². The van der Waals surface area contributed by atoms with Crippen molar-refractivity contribution >= 4 is 5.78 Å². The Morgan fingerprint density at radius 2 is 1.74 bits per heavy atom. The van der Waals surface area contributed by atoms with Crippen LogP contribution in [0.15, 0.2) is 48.5 Å². The van der Waals surface area contributed by atoms with Gasteiger partial charge in [0.25, 0.3) is 0 Å². The number of hydrogen-bond donors (Lipinski definition) is 0. The third kappa shape index (κ3) is 3.41. The molecule has 0 aliphatic carbocycles. The highest BCUT2D eigenvalue weighted by molar-refractivity contribution is 6.09. The molecule has 0 heterocycles. The number of carbonyl (C=O) groups excluding carboxylic acids is 1. The van der Waals surface area contributed by atoms with Gasteiger partial charge in [0, 0.05) is 11.1 Å². The molecule has 0 N–H and O–H groups in total. The number of ether oxygens (including phenoxy) is 1. The van der Waals surface area contributed by atoms with Crippen molar-refractivity contribution in [2.45, 2.75) is 20.0 Å². The molecule has 2 aromatic carbocycles. The fourth-order valence-electron chi connectivity index (χ4n) is 1.75. The lowest BCUT2D eigenvalue weighted by atomic mass is 10.0. The molecule has 0 aliphatic heterocycles. The summed E-state index contributed by atoms with van der Waals surface area (Å²) in [4.78, 5) is 12.1. The molecule has 0 saturated carbocycles. The first kappa shape index (κ1) is 13.3. The minimum atomic E-state index is -0.411. The van der Waals surface area contributed by atoms with Crippen LogP contribution >= 0.6 is 0 Å². The van der Waals surface area contributed by atoms with Gasteiger partial charge in [0.1, 0.15) is 11.6 Å². The molecule has 2 nitrogen and oxygen atoms in total. The highest BCUT2D eigenvalue weighted by atomic mass is 19.1. The van der Waals surface area contributed by atoms with Gasteiger partial charge in [-0.2, -0.15) is 0 Å². The average Bonchev–Trinajstić information content (AvgIpc) is 2.38. The molecule has 0 saturated heterocycles. The number of halogens is 1. The van der Waals surface area contributed by atoms with Gasteiger partial charge in [-0.05, 0) is 50.2 Å². The van der Waals surface area contributed by atoms with E-state index >= 15 is 0 Å². The van der Waals surface area contributed by atoms with Crippen LogP contribution in [0.25, 0.3) is 0 Å². The van der Waals surface area contributed by atoms with E-state index in [1.54, 1.807) is 30.3 Å². The second-order valence-electron chi connectivity index (χ2n) is 4.53. The van der Waals surface area contributed by atoms with E-state index in [0.29, 0.717) is 16.9 Å². The summed E-state index contributed by atoms with van der Waals surface area (Å²) < 4.78 is 18.6. The number of benzene rings is 2. The summed E-state index contributed by atoms with van der Waals surface area (Å²) in [5.41, 5.74) is 0.860. The van der Waals surface area contributed by atoms with Crippen molar-refractivity contribution in [1.82, 2.24) is 0 Å². The van der Waals surface area contributed by atoms with Crippen molar-refractivity contribution in [3.63, 3.8) is 0 Å². The zero-order valence-corrected chi connectivity index (χ0v) is 10.9. The van der Waals surface area contributed by atoms with Crippen molar-refractivity contribution in [1.29, 1.82) is 0 Å². The summed E-state index contributed by atoms with van der Waals surface area (Å²) in [6.07, 6.45) is 0.0878. The van der Waals surface area contributed by atoms with Crippen molar-refractivity contribution in [3.8, 4) is 5.75 Å². The van der Waals surface area contributed by atoms with E-state index in [4.69, 9.17) is 4.74 Å². The highest BCUT2D eigenvalue weighted by Gasteiger charge is 2.10. The normalized spacial score (nSPS) is 10.5. The van der Waals surface area contributed by atoms with Crippen molar-refractivity contribution in [2.75, 3.05) is 0 Å². The van der Waals surface area contributed by atoms with Crippen molar-refractivity contribution < 1.29 is 13.9 Å². The molecular formula is C16H15FO2. The van der Waals surface area contributed by atoms with Crippen LogP contribution in [0.3, 0.4) is 0 Å². The second-order valence-corrected chi connectivity index (χ2v) is 4.53. The lowest BCUT2D eigenvalue weighted by Gasteiger charge is -2.09. The molecule has 3 heteroatoms. The minimum Gasteiger partial charge on any atom is -0.491 e. The highest BCUT2D eigenvalue weighted by Crippen LogP contribution is 2.17. The zero-order valence-electron chi connectivity index (χ0n) is 10.9. The molecule has 0 spiro atoms. The van der Waals surface area contributed by atoms with Gasteiger partial charge in [-0.15, -0.1) is 0 Å². The van der Waals surface area contributed by atoms with Gasteiger partial charge in [0.15, 0.2) is 5.78 Å². The monoisotopic (exact) mass is 258 g/mol. The van der Waals surface area contributed by atoms with Crippen LogP contribution in [0.5, 0.6) is 5.75 Å². The summed E-state index contributed by atoms with van der Waals surface area (Å²) >= 11 is 0. The van der Waals surface area contributed by atoms with Gasteiger partial charge in [0.05, 0.1) is 6.10 Å². The first-order valence-electron chi connectivity index (χ1n) is 6.13. The topological polar surface area (TPSA) is 26.3 Å². The van der Waals surface area contributed by atoms with Gasteiger partial charge in [-0.3, -0.25) is 4.79 Å². The zero-order chi connectivity index (χ0) is 13.8. The minimum absolute atomic E-state index is 0.0878. The lowest BCUT2D eigenvalue weighted by molar-refractivity contribution is 0.103. The quantitative estimate of drug-likeness (QED) is 0.779. The molecule has 2 aromatic rings. The third-order valence-corrected chi connectivity index (χ3v) is 2.58.